The van der Waals surface area contributed by atoms with Crippen LogP contribution in [0.5, 0.6) is 0 Å². The Kier molecular flexibility index (Phi) is 4.95. The number of carboxylic acids is 1. The summed E-state index contributed by atoms with van der Waals surface area (Å²) in [6.45, 7) is 1.72. The van der Waals surface area contributed by atoms with Gasteiger partial charge in [0.15, 0.2) is 6.61 Å². The first kappa shape index (κ1) is 13.0. The van der Waals surface area contributed by atoms with E-state index in [9.17, 15) is 9.59 Å². The van der Waals surface area contributed by atoms with Crippen LogP contribution in [0.1, 0.15) is 6.92 Å². The number of urea groups is 1. The minimum Gasteiger partial charge on any atom is -0.479 e. The van der Waals surface area contributed by atoms with Crippen LogP contribution in [0, 0.1) is 0 Å². The Bertz CT molecular complexity index is 365. The number of hydrogen-bond acceptors (Lipinski definition) is 4. The highest BCUT2D eigenvalue weighted by molar-refractivity contribution is 5.73. The quantitative estimate of drug-likeness (QED) is 0.588. The molecular weight excluding hydrogens is 228 g/mol. The smallest absolute Gasteiger partial charge is 0.338 e. The molecule has 94 valence electrons. The molecule has 17 heavy (non-hydrogen) atoms. The number of rotatable bonds is 6. The van der Waals surface area contributed by atoms with Gasteiger partial charge in [0.1, 0.15) is 0 Å². The van der Waals surface area contributed by atoms with Gasteiger partial charge in [0, 0.05) is 18.4 Å². The van der Waals surface area contributed by atoms with Gasteiger partial charge in [0.05, 0.1) is 6.54 Å². The molecule has 0 radical (unpaired) electrons. The van der Waals surface area contributed by atoms with Crippen molar-refractivity contribution < 1.29 is 19.5 Å². The van der Waals surface area contributed by atoms with Crippen LogP contribution >= 0.6 is 0 Å². The highest BCUT2D eigenvalue weighted by Crippen LogP contribution is 1.90. The number of hydrogen-bond donors (Lipinski definition) is 3. The van der Waals surface area contributed by atoms with Gasteiger partial charge in [-0.25, -0.2) is 15.1 Å². The monoisotopic (exact) mass is 242 g/mol. The molecular formula is C9H14N4O4. The molecule has 0 saturated carbocycles. The third kappa shape index (κ3) is 5.52. The normalized spacial score (nSPS) is 11.8. The summed E-state index contributed by atoms with van der Waals surface area (Å²) < 4.78 is 1.67. The first-order valence-electron chi connectivity index (χ1n) is 4.95. The molecule has 1 aromatic heterocycles. The van der Waals surface area contributed by atoms with Crippen molar-refractivity contribution >= 4 is 12.0 Å². The number of nitrogens with one attached hydrogen (secondary N) is 2. The van der Waals surface area contributed by atoms with Gasteiger partial charge in [-0.05, 0) is 13.0 Å². The Hall–Kier alpha value is -2.09. The van der Waals surface area contributed by atoms with Crippen molar-refractivity contribution in [2.45, 2.75) is 19.5 Å². The highest BCUT2D eigenvalue weighted by Gasteiger charge is 2.08. The lowest BCUT2D eigenvalue weighted by molar-refractivity contribution is -0.144. The van der Waals surface area contributed by atoms with Crippen molar-refractivity contribution in [3.63, 3.8) is 0 Å². The highest BCUT2D eigenvalue weighted by atomic mass is 16.7. The van der Waals surface area contributed by atoms with Crippen LogP contribution in [-0.2, 0) is 16.2 Å². The van der Waals surface area contributed by atoms with Gasteiger partial charge in [0.2, 0.25) is 0 Å². The van der Waals surface area contributed by atoms with Crippen molar-refractivity contribution in [2.75, 3.05) is 6.61 Å². The van der Waals surface area contributed by atoms with E-state index in [1.165, 1.54) is 0 Å². The third-order valence-corrected chi connectivity index (χ3v) is 1.76. The predicted octanol–water partition coefficient (Wildman–Crippen LogP) is -0.413. The Morgan fingerprint density at radius 1 is 1.59 bits per heavy atom. The second kappa shape index (κ2) is 6.48. The van der Waals surface area contributed by atoms with Crippen LogP contribution < -0.4 is 10.8 Å². The maximum absolute atomic E-state index is 11.2. The molecule has 1 unspecified atom stereocenters. The standard InChI is InChI=1S/C9H14N4O4/c1-7(5-13-4-2-3-10-13)11-9(16)12-17-6-8(14)15/h2-4,7H,5-6H2,1H3,(H,14,15)(H2,11,12,16). The molecule has 1 rings (SSSR count). The molecule has 0 saturated heterocycles. The first-order valence-corrected chi connectivity index (χ1v) is 4.95. The number of aliphatic carboxylic acids is 1. The fraction of sp³-hybridized carbons (Fsp3) is 0.444. The van der Waals surface area contributed by atoms with E-state index >= 15 is 0 Å². The lowest BCUT2D eigenvalue weighted by Gasteiger charge is -2.14. The fourth-order valence-corrected chi connectivity index (χ4v) is 1.15. The Labute approximate surface area is 97.5 Å². The van der Waals surface area contributed by atoms with Crippen LogP contribution in [0.3, 0.4) is 0 Å². The average Bonchev–Trinajstić information content (AvgIpc) is 2.69. The molecule has 0 aliphatic rings. The first-order chi connectivity index (χ1) is 8.08. The van der Waals surface area contributed by atoms with Gasteiger partial charge in [-0.2, -0.15) is 5.10 Å². The largest absolute Gasteiger partial charge is 0.479 e. The van der Waals surface area contributed by atoms with Crippen LogP contribution in [0.4, 0.5) is 4.79 Å². The molecule has 3 N–H and O–H groups in total. The van der Waals surface area contributed by atoms with Gasteiger partial charge >= 0.3 is 12.0 Å². The van der Waals surface area contributed by atoms with Gasteiger partial charge < -0.3 is 10.4 Å². The molecule has 0 aliphatic carbocycles. The lowest BCUT2D eigenvalue weighted by atomic mass is 10.3. The van der Waals surface area contributed by atoms with Gasteiger partial charge in [0.25, 0.3) is 0 Å². The Balaban J connectivity index is 2.19. The lowest BCUT2D eigenvalue weighted by Crippen LogP contribution is -2.43. The van der Waals surface area contributed by atoms with Crippen LogP contribution in [-0.4, -0.2) is 39.5 Å². The molecule has 1 aromatic rings. The van der Waals surface area contributed by atoms with E-state index in [4.69, 9.17) is 5.11 Å². The number of carbonyl (C=O) groups is 2. The summed E-state index contributed by atoms with van der Waals surface area (Å²) in [7, 11) is 0. The summed E-state index contributed by atoms with van der Waals surface area (Å²) in [5.41, 5.74) is 1.96. The maximum atomic E-state index is 11.2. The van der Waals surface area contributed by atoms with Crippen molar-refractivity contribution in [3.8, 4) is 0 Å². The predicted molar refractivity (Wildman–Crippen MR) is 56.9 cm³/mol. The van der Waals surface area contributed by atoms with E-state index < -0.39 is 18.6 Å². The number of aromatic nitrogens is 2. The summed E-state index contributed by atoms with van der Waals surface area (Å²) >= 11 is 0. The van der Waals surface area contributed by atoms with E-state index in [1.807, 2.05) is 5.48 Å². The number of carbonyl (C=O) groups excluding carboxylic acids is 1. The van der Waals surface area contributed by atoms with E-state index in [0.29, 0.717) is 6.54 Å². The third-order valence-electron chi connectivity index (χ3n) is 1.76. The van der Waals surface area contributed by atoms with Crippen molar-refractivity contribution in [3.05, 3.63) is 18.5 Å². The van der Waals surface area contributed by atoms with E-state index in [2.05, 4.69) is 15.3 Å². The molecule has 1 atom stereocenters. The summed E-state index contributed by atoms with van der Waals surface area (Å²) in [6, 6.07) is 1.03. The molecule has 0 fully saturated rings. The molecule has 8 nitrogen and oxygen atoms in total. The molecule has 0 aromatic carbocycles. The molecule has 0 bridgehead atoms. The zero-order valence-electron chi connectivity index (χ0n) is 9.29. The zero-order valence-corrected chi connectivity index (χ0v) is 9.29. The maximum Gasteiger partial charge on any atom is 0.338 e. The minimum absolute atomic E-state index is 0.164. The summed E-state index contributed by atoms with van der Waals surface area (Å²) in [4.78, 5) is 25.7. The number of hydroxylamine groups is 1. The topological polar surface area (TPSA) is 105 Å². The van der Waals surface area contributed by atoms with Crippen LogP contribution in [0.15, 0.2) is 18.5 Å². The van der Waals surface area contributed by atoms with Crippen molar-refractivity contribution in [1.29, 1.82) is 0 Å². The molecule has 2 amide bonds. The SMILES string of the molecule is CC(Cn1cccn1)NC(=O)NOCC(=O)O. The summed E-state index contributed by atoms with van der Waals surface area (Å²) in [5, 5.41) is 14.8. The van der Waals surface area contributed by atoms with Crippen LogP contribution in [0.25, 0.3) is 0 Å². The molecule has 0 aliphatic heterocycles. The number of nitrogens with zero attached hydrogens (tertiary/aromatic N) is 2. The Morgan fingerprint density at radius 3 is 2.94 bits per heavy atom. The second-order valence-corrected chi connectivity index (χ2v) is 3.39. The number of carboxylic acid groups (broad SMARTS) is 1. The van der Waals surface area contributed by atoms with E-state index in [0.717, 1.165) is 0 Å². The second-order valence-electron chi connectivity index (χ2n) is 3.39. The minimum atomic E-state index is -1.16. The summed E-state index contributed by atoms with van der Waals surface area (Å²) in [6.07, 6.45) is 3.42. The number of amides is 2. The molecule has 1 heterocycles. The summed E-state index contributed by atoms with van der Waals surface area (Å²) in [5.74, 6) is -1.16. The van der Waals surface area contributed by atoms with E-state index in [-0.39, 0.29) is 6.04 Å². The van der Waals surface area contributed by atoms with Crippen LogP contribution in [0.2, 0.25) is 0 Å². The van der Waals surface area contributed by atoms with Gasteiger partial charge in [-0.3, -0.25) is 9.52 Å². The zero-order chi connectivity index (χ0) is 12.7. The van der Waals surface area contributed by atoms with Crippen molar-refractivity contribution in [1.82, 2.24) is 20.6 Å². The average molecular weight is 242 g/mol. The molecule has 8 heteroatoms. The van der Waals surface area contributed by atoms with Gasteiger partial charge in [-0.1, -0.05) is 0 Å². The van der Waals surface area contributed by atoms with Gasteiger partial charge in [-0.15, -0.1) is 0 Å². The van der Waals surface area contributed by atoms with Crippen molar-refractivity contribution in [2.24, 2.45) is 0 Å². The Morgan fingerprint density at radius 2 is 2.35 bits per heavy atom. The fourth-order valence-electron chi connectivity index (χ4n) is 1.15. The molecule has 0 spiro atoms. The van der Waals surface area contributed by atoms with E-state index in [1.54, 1.807) is 30.1 Å².